The summed E-state index contributed by atoms with van der Waals surface area (Å²) in [5, 5.41) is 0. The molecule has 104 valence electrons. The highest BCUT2D eigenvalue weighted by atomic mass is 15.1. The van der Waals surface area contributed by atoms with Gasteiger partial charge in [-0.05, 0) is 44.6 Å². The molecule has 0 saturated carbocycles. The maximum absolute atomic E-state index is 4.30. The summed E-state index contributed by atoms with van der Waals surface area (Å²) < 4.78 is 0. The van der Waals surface area contributed by atoms with Gasteiger partial charge < -0.3 is 4.90 Å². The molecular formula is C18H27N. The molecule has 0 aromatic heterocycles. The second kappa shape index (κ2) is 5.81. The molecular weight excluding hydrogens is 230 g/mol. The van der Waals surface area contributed by atoms with Crippen LogP contribution in [0.1, 0.15) is 46.0 Å². The van der Waals surface area contributed by atoms with E-state index >= 15 is 0 Å². The summed E-state index contributed by atoms with van der Waals surface area (Å²) in [7, 11) is 0. The summed E-state index contributed by atoms with van der Waals surface area (Å²) >= 11 is 0. The number of hydrogen-bond donors (Lipinski definition) is 0. The number of rotatable bonds is 4. The molecule has 1 heterocycles. The molecule has 0 spiro atoms. The molecule has 0 radical (unpaired) electrons. The molecule has 1 saturated heterocycles. The van der Waals surface area contributed by atoms with Crippen LogP contribution in [0.25, 0.3) is 0 Å². The van der Waals surface area contributed by atoms with Gasteiger partial charge in [-0.3, -0.25) is 0 Å². The first-order valence-electron chi connectivity index (χ1n) is 7.56. The van der Waals surface area contributed by atoms with Crippen LogP contribution in [0.4, 0.5) is 0 Å². The third-order valence-electron chi connectivity index (χ3n) is 4.84. The molecule has 0 aromatic rings. The van der Waals surface area contributed by atoms with Gasteiger partial charge in [-0.15, -0.1) is 0 Å². The number of likely N-dealkylation sites (tertiary alicyclic amines) is 1. The van der Waals surface area contributed by atoms with Crippen molar-refractivity contribution in [1.29, 1.82) is 0 Å². The van der Waals surface area contributed by atoms with E-state index in [2.05, 4.69) is 50.1 Å². The fourth-order valence-electron chi connectivity index (χ4n) is 3.36. The summed E-state index contributed by atoms with van der Waals surface area (Å²) in [4.78, 5) is 2.45. The first-order chi connectivity index (χ1) is 9.10. The highest BCUT2D eigenvalue weighted by Crippen LogP contribution is 2.46. The van der Waals surface area contributed by atoms with Crippen LogP contribution in [0.15, 0.2) is 48.2 Å². The average Bonchev–Trinajstić information content (AvgIpc) is 2.47. The van der Waals surface area contributed by atoms with Crippen LogP contribution in [0.5, 0.6) is 0 Å². The van der Waals surface area contributed by atoms with Gasteiger partial charge in [0.15, 0.2) is 0 Å². The Morgan fingerprint density at radius 1 is 1.26 bits per heavy atom. The predicted molar refractivity (Wildman–Crippen MR) is 83.9 cm³/mol. The van der Waals surface area contributed by atoms with E-state index in [1.54, 1.807) is 0 Å². The van der Waals surface area contributed by atoms with E-state index in [4.69, 9.17) is 0 Å². The topological polar surface area (TPSA) is 3.24 Å². The van der Waals surface area contributed by atoms with E-state index in [1.807, 2.05) is 0 Å². The van der Waals surface area contributed by atoms with Gasteiger partial charge >= 0.3 is 0 Å². The Kier molecular flexibility index (Phi) is 4.34. The molecule has 1 aliphatic carbocycles. The second-order valence-electron chi connectivity index (χ2n) is 5.91. The van der Waals surface area contributed by atoms with Crippen LogP contribution in [0, 0.1) is 5.41 Å². The van der Waals surface area contributed by atoms with Crippen LogP contribution < -0.4 is 0 Å². The minimum absolute atomic E-state index is 0.210. The molecule has 2 aliphatic rings. The Labute approximate surface area is 118 Å². The van der Waals surface area contributed by atoms with Crippen molar-refractivity contribution in [2.45, 2.75) is 46.0 Å². The minimum Gasteiger partial charge on any atom is -0.375 e. The van der Waals surface area contributed by atoms with Crippen LogP contribution in [0.2, 0.25) is 0 Å². The maximum atomic E-state index is 4.30. The number of hydrogen-bond acceptors (Lipinski definition) is 1. The van der Waals surface area contributed by atoms with Crippen molar-refractivity contribution in [3.8, 4) is 0 Å². The van der Waals surface area contributed by atoms with E-state index in [9.17, 15) is 0 Å². The Morgan fingerprint density at radius 2 is 1.95 bits per heavy atom. The molecule has 0 atom stereocenters. The lowest BCUT2D eigenvalue weighted by Crippen LogP contribution is -2.40. The summed E-state index contributed by atoms with van der Waals surface area (Å²) in [5.41, 5.74) is 4.32. The predicted octanol–water partition coefficient (Wildman–Crippen LogP) is 4.84. The lowest BCUT2D eigenvalue weighted by Gasteiger charge is -2.45. The smallest absolute Gasteiger partial charge is 0.0186 e. The van der Waals surface area contributed by atoms with Gasteiger partial charge in [0, 0.05) is 24.2 Å². The fraction of sp³-hybridized carbons (Fsp3) is 0.556. The van der Waals surface area contributed by atoms with Crippen molar-refractivity contribution >= 4 is 0 Å². The highest BCUT2D eigenvalue weighted by molar-refractivity contribution is 5.37. The zero-order valence-electron chi connectivity index (χ0n) is 12.5. The Hall–Kier alpha value is -1.24. The van der Waals surface area contributed by atoms with Crippen molar-refractivity contribution in [2.24, 2.45) is 5.41 Å². The summed E-state index contributed by atoms with van der Waals surface area (Å²) in [6.45, 7) is 15.1. The standard InChI is InChI=1S/C18H27N/c1-5-16(4)19-13-11-18(12-14-19,15(2)3)17-9-7-6-8-10-17/h7,9-10H,2,4-6,8,11-14H2,1,3H3. The first kappa shape index (κ1) is 14.2. The fourth-order valence-corrected chi connectivity index (χ4v) is 3.36. The maximum Gasteiger partial charge on any atom is 0.0186 e. The van der Waals surface area contributed by atoms with Gasteiger partial charge in [0.2, 0.25) is 0 Å². The zero-order valence-corrected chi connectivity index (χ0v) is 12.5. The molecule has 0 bridgehead atoms. The second-order valence-corrected chi connectivity index (χ2v) is 5.91. The first-order valence-corrected chi connectivity index (χ1v) is 7.56. The van der Waals surface area contributed by atoms with Crippen LogP contribution >= 0.6 is 0 Å². The van der Waals surface area contributed by atoms with Gasteiger partial charge in [0.1, 0.15) is 0 Å². The van der Waals surface area contributed by atoms with E-state index in [-0.39, 0.29) is 5.41 Å². The van der Waals surface area contributed by atoms with Crippen LogP contribution in [0.3, 0.4) is 0 Å². The van der Waals surface area contributed by atoms with Crippen molar-refractivity contribution in [3.05, 3.63) is 48.2 Å². The summed E-state index contributed by atoms with van der Waals surface area (Å²) in [5.74, 6) is 0. The highest BCUT2D eigenvalue weighted by Gasteiger charge is 2.37. The van der Waals surface area contributed by atoms with Gasteiger partial charge in [0.05, 0.1) is 0 Å². The van der Waals surface area contributed by atoms with Crippen molar-refractivity contribution in [1.82, 2.24) is 4.90 Å². The molecule has 19 heavy (non-hydrogen) atoms. The van der Waals surface area contributed by atoms with E-state index in [1.165, 1.54) is 42.5 Å². The Morgan fingerprint density at radius 3 is 2.42 bits per heavy atom. The van der Waals surface area contributed by atoms with Gasteiger partial charge in [-0.2, -0.15) is 0 Å². The number of nitrogens with zero attached hydrogens (tertiary/aromatic N) is 1. The van der Waals surface area contributed by atoms with Gasteiger partial charge in [-0.25, -0.2) is 0 Å². The molecule has 1 nitrogen and oxygen atoms in total. The zero-order chi connectivity index (χ0) is 13.9. The summed E-state index contributed by atoms with van der Waals surface area (Å²) in [6.07, 6.45) is 12.9. The van der Waals surface area contributed by atoms with Gasteiger partial charge in [-0.1, -0.05) is 43.9 Å². The molecule has 1 fully saturated rings. The van der Waals surface area contributed by atoms with E-state index in [0.29, 0.717) is 0 Å². The largest absolute Gasteiger partial charge is 0.375 e. The molecule has 1 aliphatic heterocycles. The van der Waals surface area contributed by atoms with Crippen molar-refractivity contribution in [3.63, 3.8) is 0 Å². The van der Waals surface area contributed by atoms with Crippen LogP contribution in [-0.2, 0) is 0 Å². The number of allylic oxidation sites excluding steroid dienone is 6. The van der Waals surface area contributed by atoms with Crippen molar-refractivity contribution in [2.75, 3.05) is 13.1 Å². The monoisotopic (exact) mass is 257 g/mol. The Balaban J connectivity index is 2.16. The third kappa shape index (κ3) is 2.70. The SMILES string of the molecule is C=C(CC)N1CCC(C(=C)C)(C2=CCCC=C2)CC1. The lowest BCUT2D eigenvalue weighted by atomic mass is 9.67. The molecule has 0 aromatic carbocycles. The Bertz CT molecular complexity index is 417. The molecule has 0 amide bonds. The van der Waals surface area contributed by atoms with Gasteiger partial charge in [0.25, 0.3) is 0 Å². The molecule has 2 rings (SSSR count). The number of piperidine rings is 1. The van der Waals surface area contributed by atoms with E-state index in [0.717, 1.165) is 19.5 Å². The van der Waals surface area contributed by atoms with E-state index < -0.39 is 0 Å². The van der Waals surface area contributed by atoms with Crippen molar-refractivity contribution < 1.29 is 0 Å². The molecule has 1 heteroatoms. The lowest BCUT2D eigenvalue weighted by molar-refractivity contribution is 0.189. The molecule has 0 N–H and O–H groups in total. The quantitative estimate of drug-likeness (QED) is 0.651. The third-order valence-corrected chi connectivity index (χ3v) is 4.84. The molecule has 0 unspecified atom stereocenters. The average molecular weight is 257 g/mol. The minimum atomic E-state index is 0.210. The normalized spacial score (nSPS) is 22.0. The van der Waals surface area contributed by atoms with Crippen LogP contribution in [-0.4, -0.2) is 18.0 Å². The summed E-state index contributed by atoms with van der Waals surface area (Å²) in [6, 6.07) is 0.